The van der Waals surface area contributed by atoms with Crippen LogP contribution in [0.4, 0.5) is 0 Å². The second kappa shape index (κ2) is 6.76. The molecule has 0 saturated heterocycles. The van der Waals surface area contributed by atoms with Gasteiger partial charge >= 0.3 is 5.97 Å². The minimum Gasteiger partial charge on any atom is -0.465 e. The molecule has 0 aliphatic rings. The van der Waals surface area contributed by atoms with Crippen molar-refractivity contribution < 1.29 is 9.53 Å². The molecule has 2 heterocycles. The monoisotopic (exact) mass is 331 g/mol. The van der Waals surface area contributed by atoms with Gasteiger partial charge in [-0.1, -0.05) is 30.0 Å². The third kappa shape index (κ3) is 3.37. The molecule has 22 heavy (non-hydrogen) atoms. The Balaban J connectivity index is 1.67. The SMILES string of the molecule is COC(=O)c1cccc(CSc2n[nH]c(-c3cccs3)n2)c1. The molecule has 0 saturated carbocycles. The van der Waals surface area contributed by atoms with Crippen LogP contribution in [0.15, 0.2) is 46.9 Å². The Hall–Kier alpha value is -2.12. The number of methoxy groups -OCH3 is 1. The number of aromatic nitrogens is 3. The molecule has 5 nitrogen and oxygen atoms in total. The van der Waals surface area contributed by atoms with E-state index in [0.717, 1.165) is 16.3 Å². The van der Waals surface area contributed by atoms with Crippen LogP contribution in [0.3, 0.4) is 0 Å². The van der Waals surface area contributed by atoms with Crippen LogP contribution in [0, 0.1) is 0 Å². The number of hydrogen-bond acceptors (Lipinski definition) is 6. The van der Waals surface area contributed by atoms with E-state index in [9.17, 15) is 4.79 Å². The zero-order chi connectivity index (χ0) is 15.4. The first-order valence-electron chi connectivity index (χ1n) is 6.52. The minimum atomic E-state index is -0.329. The molecule has 0 aliphatic heterocycles. The standard InChI is InChI=1S/C15H13N3O2S2/c1-20-14(19)11-5-2-4-10(8-11)9-22-15-16-13(17-18-15)12-6-3-7-21-12/h2-8H,9H2,1H3,(H,16,17,18). The number of esters is 1. The normalized spacial score (nSPS) is 10.6. The lowest BCUT2D eigenvalue weighted by Crippen LogP contribution is -2.01. The van der Waals surface area contributed by atoms with Crippen LogP contribution in [0.5, 0.6) is 0 Å². The van der Waals surface area contributed by atoms with E-state index in [0.29, 0.717) is 16.5 Å². The molecule has 3 rings (SSSR count). The molecule has 0 aliphatic carbocycles. The minimum absolute atomic E-state index is 0.329. The summed E-state index contributed by atoms with van der Waals surface area (Å²) in [5.74, 6) is 1.14. The fourth-order valence-corrected chi connectivity index (χ4v) is 3.29. The lowest BCUT2D eigenvalue weighted by molar-refractivity contribution is 0.0600. The lowest BCUT2D eigenvalue weighted by Gasteiger charge is -2.02. The second-order valence-corrected chi connectivity index (χ2v) is 6.31. The first-order chi connectivity index (χ1) is 10.8. The Morgan fingerprint density at radius 3 is 3.05 bits per heavy atom. The van der Waals surface area contributed by atoms with Crippen LogP contribution in [0.25, 0.3) is 10.7 Å². The number of benzene rings is 1. The zero-order valence-corrected chi connectivity index (χ0v) is 13.4. The summed E-state index contributed by atoms with van der Waals surface area (Å²) in [5, 5.41) is 9.83. The van der Waals surface area contributed by atoms with Gasteiger partial charge in [-0.3, -0.25) is 5.10 Å². The molecule has 0 spiro atoms. The van der Waals surface area contributed by atoms with Gasteiger partial charge in [0.1, 0.15) is 0 Å². The van der Waals surface area contributed by atoms with Gasteiger partial charge in [0.25, 0.3) is 0 Å². The predicted molar refractivity (Wildman–Crippen MR) is 87.0 cm³/mol. The summed E-state index contributed by atoms with van der Waals surface area (Å²) in [6.45, 7) is 0. The van der Waals surface area contributed by atoms with Crippen molar-refractivity contribution in [2.24, 2.45) is 0 Å². The summed E-state index contributed by atoms with van der Waals surface area (Å²) in [7, 11) is 1.38. The van der Waals surface area contributed by atoms with E-state index in [4.69, 9.17) is 4.74 Å². The summed E-state index contributed by atoms with van der Waals surface area (Å²) >= 11 is 3.14. The molecular formula is C15H13N3O2S2. The van der Waals surface area contributed by atoms with Gasteiger partial charge in [-0.05, 0) is 29.1 Å². The number of rotatable bonds is 5. The quantitative estimate of drug-likeness (QED) is 0.571. The Labute approximate surface area is 135 Å². The molecule has 0 unspecified atom stereocenters. The van der Waals surface area contributed by atoms with Crippen molar-refractivity contribution in [3.63, 3.8) is 0 Å². The Morgan fingerprint density at radius 2 is 2.27 bits per heavy atom. The van der Waals surface area contributed by atoms with Gasteiger partial charge < -0.3 is 4.74 Å². The highest BCUT2D eigenvalue weighted by Gasteiger charge is 2.09. The molecule has 0 amide bonds. The number of H-pyrrole nitrogens is 1. The number of hydrogen-bond donors (Lipinski definition) is 1. The van der Waals surface area contributed by atoms with E-state index in [1.807, 2.05) is 35.7 Å². The summed E-state index contributed by atoms with van der Waals surface area (Å²) in [5.41, 5.74) is 1.57. The van der Waals surface area contributed by atoms with Gasteiger partial charge in [0.15, 0.2) is 5.82 Å². The highest BCUT2D eigenvalue weighted by atomic mass is 32.2. The van der Waals surface area contributed by atoms with Crippen LogP contribution in [0.1, 0.15) is 15.9 Å². The van der Waals surface area contributed by atoms with Crippen molar-refractivity contribution in [1.82, 2.24) is 15.2 Å². The van der Waals surface area contributed by atoms with Crippen LogP contribution < -0.4 is 0 Å². The molecule has 0 bridgehead atoms. The fraction of sp³-hybridized carbons (Fsp3) is 0.133. The van der Waals surface area contributed by atoms with E-state index >= 15 is 0 Å². The van der Waals surface area contributed by atoms with E-state index in [1.54, 1.807) is 17.4 Å². The maximum atomic E-state index is 11.5. The second-order valence-electron chi connectivity index (χ2n) is 4.42. The highest BCUT2D eigenvalue weighted by molar-refractivity contribution is 7.98. The van der Waals surface area contributed by atoms with E-state index < -0.39 is 0 Å². The van der Waals surface area contributed by atoms with Gasteiger partial charge in [-0.25, -0.2) is 9.78 Å². The summed E-state index contributed by atoms with van der Waals surface area (Å²) in [4.78, 5) is 17.0. The summed E-state index contributed by atoms with van der Waals surface area (Å²) in [6.07, 6.45) is 0. The van der Waals surface area contributed by atoms with Crippen LogP contribution >= 0.6 is 23.1 Å². The van der Waals surface area contributed by atoms with E-state index in [2.05, 4.69) is 15.2 Å². The molecule has 3 aromatic rings. The Morgan fingerprint density at radius 1 is 1.36 bits per heavy atom. The number of nitrogens with one attached hydrogen (secondary N) is 1. The van der Waals surface area contributed by atoms with Crippen molar-refractivity contribution in [2.45, 2.75) is 10.9 Å². The van der Waals surface area contributed by atoms with Crippen LogP contribution in [-0.4, -0.2) is 28.3 Å². The summed E-state index contributed by atoms with van der Waals surface area (Å²) < 4.78 is 4.72. The van der Waals surface area contributed by atoms with Crippen molar-refractivity contribution >= 4 is 29.1 Å². The van der Waals surface area contributed by atoms with Crippen LogP contribution in [0.2, 0.25) is 0 Å². The van der Waals surface area contributed by atoms with Gasteiger partial charge in [-0.15, -0.1) is 16.4 Å². The van der Waals surface area contributed by atoms with Gasteiger partial charge in [0.2, 0.25) is 5.16 Å². The topological polar surface area (TPSA) is 67.9 Å². The maximum absolute atomic E-state index is 11.5. The average molecular weight is 331 g/mol. The first-order valence-corrected chi connectivity index (χ1v) is 8.39. The molecule has 1 N–H and O–H groups in total. The number of carbonyl (C=O) groups is 1. The van der Waals surface area contributed by atoms with Crippen LogP contribution in [-0.2, 0) is 10.5 Å². The molecule has 0 atom stereocenters. The largest absolute Gasteiger partial charge is 0.465 e. The third-order valence-corrected chi connectivity index (χ3v) is 4.73. The number of thiophene rings is 1. The van der Waals surface area contributed by atoms with E-state index in [-0.39, 0.29) is 5.97 Å². The molecule has 2 aromatic heterocycles. The smallest absolute Gasteiger partial charge is 0.337 e. The van der Waals surface area contributed by atoms with Crippen molar-refractivity contribution in [3.05, 3.63) is 52.9 Å². The van der Waals surface area contributed by atoms with Crippen molar-refractivity contribution in [2.75, 3.05) is 7.11 Å². The molecule has 0 fully saturated rings. The molecule has 112 valence electrons. The number of aromatic amines is 1. The van der Waals surface area contributed by atoms with Gasteiger partial charge in [-0.2, -0.15) is 0 Å². The van der Waals surface area contributed by atoms with E-state index in [1.165, 1.54) is 18.9 Å². The van der Waals surface area contributed by atoms with Gasteiger partial charge in [0, 0.05) is 5.75 Å². The van der Waals surface area contributed by atoms with Crippen molar-refractivity contribution in [1.29, 1.82) is 0 Å². The Bertz CT molecular complexity index is 769. The third-order valence-electron chi connectivity index (χ3n) is 2.94. The van der Waals surface area contributed by atoms with Crippen molar-refractivity contribution in [3.8, 4) is 10.7 Å². The fourth-order valence-electron chi connectivity index (χ4n) is 1.89. The zero-order valence-electron chi connectivity index (χ0n) is 11.8. The van der Waals surface area contributed by atoms with Gasteiger partial charge in [0.05, 0.1) is 17.6 Å². The molecule has 7 heteroatoms. The average Bonchev–Trinajstić information content (AvgIpc) is 3.23. The summed E-state index contributed by atoms with van der Waals surface area (Å²) in [6, 6.07) is 11.4. The number of nitrogens with zero attached hydrogens (tertiary/aromatic N) is 2. The number of ether oxygens (including phenoxy) is 1. The molecule has 0 radical (unpaired) electrons. The number of carbonyl (C=O) groups excluding carboxylic acids is 1. The maximum Gasteiger partial charge on any atom is 0.337 e. The Kier molecular flexibility index (Phi) is 4.55. The highest BCUT2D eigenvalue weighted by Crippen LogP contribution is 2.25. The first kappa shape index (κ1) is 14.8. The molecule has 1 aromatic carbocycles. The predicted octanol–water partition coefficient (Wildman–Crippen LogP) is 3.61. The lowest BCUT2D eigenvalue weighted by atomic mass is 10.1. The number of thioether (sulfide) groups is 1. The molecular weight excluding hydrogens is 318 g/mol.